The molecule has 1 N–H and O–H groups in total. The molecule has 1 atom stereocenters. The third-order valence-corrected chi connectivity index (χ3v) is 9.08. The number of amides is 2. The smallest absolute Gasteiger partial charge is 0.265 e. The van der Waals surface area contributed by atoms with E-state index in [-0.39, 0.29) is 33.6 Å². The molecule has 10 nitrogen and oxygen atoms in total. The van der Waals surface area contributed by atoms with Gasteiger partial charge in [-0.3, -0.25) is 13.9 Å². The average molecular weight is 711 g/mol. The molecule has 0 spiro atoms. The summed E-state index contributed by atoms with van der Waals surface area (Å²) in [6, 6.07) is 14.9. The summed E-state index contributed by atoms with van der Waals surface area (Å²) in [6.07, 6.45) is 0. The van der Waals surface area contributed by atoms with Crippen molar-refractivity contribution in [2.45, 2.75) is 50.7 Å². The van der Waals surface area contributed by atoms with Crippen LogP contribution in [0.1, 0.15) is 33.3 Å². The number of nitrogens with one attached hydrogen (secondary N) is 1. The number of ether oxygens (including phenoxy) is 3. The largest absolute Gasteiger partial charge is 0.495 e. The molecule has 0 unspecified atom stereocenters. The molecule has 0 radical (unpaired) electrons. The molecule has 0 bridgehead atoms. The Balaban J connectivity index is 2.15. The first kappa shape index (κ1) is 35.0. The number of nitrogens with zero attached hydrogens (tertiary/aromatic N) is 2. The van der Waals surface area contributed by atoms with Gasteiger partial charge >= 0.3 is 0 Å². The maximum absolute atomic E-state index is 14.3. The molecule has 3 aromatic rings. The number of methoxy groups -OCH3 is 3. The number of sulfonamides is 1. The number of carbonyl (C=O) groups excluding carboxylic acids is 2. The van der Waals surface area contributed by atoms with Crippen molar-refractivity contribution in [3.05, 3.63) is 75.7 Å². The Hall–Kier alpha value is -3.48. The van der Waals surface area contributed by atoms with Crippen LogP contribution in [-0.4, -0.2) is 64.6 Å². The minimum absolute atomic E-state index is 0.0403. The highest BCUT2D eigenvalue weighted by Crippen LogP contribution is 2.37. The highest BCUT2D eigenvalue weighted by molar-refractivity contribution is 9.10. The van der Waals surface area contributed by atoms with E-state index in [9.17, 15) is 18.0 Å². The summed E-state index contributed by atoms with van der Waals surface area (Å²) in [7, 11) is -0.231. The van der Waals surface area contributed by atoms with Crippen LogP contribution in [-0.2, 0) is 26.2 Å². The number of hydrogen-bond acceptors (Lipinski definition) is 7. The van der Waals surface area contributed by atoms with Gasteiger partial charge in [0.1, 0.15) is 18.3 Å². The Labute approximate surface area is 272 Å². The summed E-state index contributed by atoms with van der Waals surface area (Å²) in [6.45, 7) is 6.48. The third-order valence-electron chi connectivity index (χ3n) is 6.56. The summed E-state index contributed by atoms with van der Waals surface area (Å²) in [4.78, 5) is 28.7. The van der Waals surface area contributed by atoms with Crippen molar-refractivity contribution in [2.75, 3.05) is 32.2 Å². The monoisotopic (exact) mass is 709 g/mol. The molecule has 238 valence electrons. The molecule has 13 heteroatoms. The molecular weight excluding hydrogens is 674 g/mol. The van der Waals surface area contributed by atoms with E-state index >= 15 is 0 Å². The minimum Gasteiger partial charge on any atom is -0.495 e. The van der Waals surface area contributed by atoms with Gasteiger partial charge in [-0.05, 0) is 75.7 Å². The van der Waals surface area contributed by atoms with Crippen LogP contribution in [0.5, 0.6) is 17.2 Å². The quantitative estimate of drug-likeness (QED) is 0.258. The molecule has 3 rings (SSSR count). The zero-order valence-corrected chi connectivity index (χ0v) is 28.8. The Kier molecular flexibility index (Phi) is 11.6. The van der Waals surface area contributed by atoms with E-state index in [1.54, 1.807) is 13.0 Å². The van der Waals surface area contributed by atoms with Gasteiger partial charge < -0.3 is 24.4 Å². The van der Waals surface area contributed by atoms with Gasteiger partial charge in [-0.15, -0.1) is 0 Å². The number of hydrogen-bond donors (Lipinski definition) is 1. The predicted molar refractivity (Wildman–Crippen MR) is 174 cm³/mol. The molecule has 0 aliphatic heterocycles. The lowest BCUT2D eigenvalue weighted by molar-refractivity contribution is -0.140. The summed E-state index contributed by atoms with van der Waals surface area (Å²) in [5, 5.41) is 3.13. The van der Waals surface area contributed by atoms with Gasteiger partial charge in [0.25, 0.3) is 10.0 Å². The second-order valence-electron chi connectivity index (χ2n) is 10.9. The first-order chi connectivity index (χ1) is 20.6. The zero-order chi connectivity index (χ0) is 32.8. The molecule has 2 amide bonds. The van der Waals surface area contributed by atoms with Gasteiger partial charge in [-0.25, -0.2) is 8.42 Å². The van der Waals surface area contributed by atoms with Crippen LogP contribution >= 0.6 is 27.5 Å². The predicted octanol–water partition coefficient (Wildman–Crippen LogP) is 5.66. The number of halogens is 2. The van der Waals surface area contributed by atoms with Crippen LogP contribution in [0.2, 0.25) is 5.02 Å². The number of carbonyl (C=O) groups is 2. The Morgan fingerprint density at radius 2 is 1.50 bits per heavy atom. The standard InChI is InChI=1S/C31H37BrClN3O7S/c1-20(30(38)34-31(2,3)4)35(18-21-8-10-22(32)11-9-21)29(37)19-36(25-16-23(33)12-14-26(25)41-5)44(39,40)24-13-15-27(42-6)28(17-24)43-7/h8-17,20H,18-19H2,1-7H3,(H,34,38)/t20-/m1/s1. The van der Waals surface area contributed by atoms with E-state index in [0.29, 0.717) is 5.75 Å². The van der Waals surface area contributed by atoms with Crippen molar-refractivity contribution >= 4 is 55.1 Å². The molecule has 44 heavy (non-hydrogen) atoms. The molecule has 0 saturated heterocycles. The van der Waals surface area contributed by atoms with Gasteiger partial charge in [-0.2, -0.15) is 0 Å². The Morgan fingerprint density at radius 1 is 0.909 bits per heavy atom. The van der Waals surface area contributed by atoms with Crippen LogP contribution in [0, 0.1) is 0 Å². The molecule has 0 aliphatic carbocycles. The molecule has 0 aromatic heterocycles. The first-order valence-corrected chi connectivity index (χ1v) is 16.2. The lowest BCUT2D eigenvalue weighted by Gasteiger charge is -2.33. The van der Waals surface area contributed by atoms with Crippen molar-refractivity contribution in [3.8, 4) is 17.2 Å². The topological polar surface area (TPSA) is 114 Å². The Morgan fingerprint density at radius 3 is 2.07 bits per heavy atom. The van der Waals surface area contributed by atoms with E-state index in [0.717, 1.165) is 14.3 Å². The van der Waals surface area contributed by atoms with Crippen molar-refractivity contribution in [3.63, 3.8) is 0 Å². The molecule has 3 aromatic carbocycles. The maximum Gasteiger partial charge on any atom is 0.265 e. The highest BCUT2D eigenvalue weighted by atomic mass is 79.9. The van der Waals surface area contributed by atoms with Crippen molar-refractivity contribution in [1.82, 2.24) is 10.2 Å². The second kappa shape index (κ2) is 14.5. The summed E-state index contributed by atoms with van der Waals surface area (Å²) >= 11 is 9.72. The number of benzene rings is 3. The fourth-order valence-corrected chi connectivity index (χ4v) is 6.18. The summed E-state index contributed by atoms with van der Waals surface area (Å²) < 4.78 is 46.5. The van der Waals surface area contributed by atoms with Crippen molar-refractivity contribution in [1.29, 1.82) is 0 Å². The van der Waals surface area contributed by atoms with E-state index < -0.39 is 40.0 Å². The van der Waals surface area contributed by atoms with Crippen molar-refractivity contribution in [2.24, 2.45) is 0 Å². The fourth-order valence-electron chi connectivity index (χ4n) is 4.32. The molecule has 0 aliphatic rings. The van der Waals surface area contributed by atoms with Crippen LogP contribution in [0.25, 0.3) is 0 Å². The fraction of sp³-hybridized carbons (Fsp3) is 0.355. The number of anilines is 1. The third kappa shape index (κ3) is 8.58. The molecule has 0 fully saturated rings. The SMILES string of the molecule is COc1ccc(S(=O)(=O)N(CC(=O)N(Cc2ccc(Br)cc2)[C@H](C)C(=O)NC(C)(C)C)c2cc(Cl)ccc2OC)cc1OC. The molecular formula is C31H37BrClN3O7S. The van der Waals surface area contributed by atoms with Crippen LogP contribution in [0.3, 0.4) is 0 Å². The van der Waals surface area contributed by atoms with E-state index in [4.69, 9.17) is 25.8 Å². The molecule has 0 saturated carbocycles. The van der Waals surface area contributed by atoms with Gasteiger partial charge in [0.05, 0.1) is 31.9 Å². The van der Waals surface area contributed by atoms with Crippen LogP contribution in [0.15, 0.2) is 70.0 Å². The zero-order valence-electron chi connectivity index (χ0n) is 25.7. The van der Waals surface area contributed by atoms with E-state index in [1.807, 2.05) is 45.0 Å². The lowest BCUT2D eigenvalue weighted by atomic mass is 10.1. The minimum atomic E-state index is -4.44. The first-order valence-electron chi connectivity index (χ1n) is 13.6. The van der Waals surface area contributed by atoms with Gasteiger partial charge in [-0.1, -0.05) is 39.7 Å². The van der Waals surface area contributed by atoms with Crippen molar-refractivity contribution < 1.29 is 32.2 Å². The average Bonchev–Trinajstić information content (AvgIpc) is 2.97. The molecule has 0 heterocycles. The van der Waals surface area contributed by atoms with E-state index in [1.165, 1.54) is 56.6 Å². The maximum atomic E-state index is 14.3. The van der Waals surface area contributed by atoms with Crippen LogP contribution in [0.4, 0.5) is 5.69 Å². The van der Waals surface area contributed by atoms with Gasteiger partial charge in [0.15, 0.2) is 11.5 Å². The summed E-state index contributed by atoms with van der Waals surface area (Å²) in [5.74, 6) is -0.339. The van der Waals surface area contributed by atoms with E-state index in [2.05, 4.69) is 21.2 Å². The number of rotatable bonds is 12. The van der Waals surface area contributed by atoms with Gasteiger partial charge in [0.2, 0.25) is 11.8 Å². The normalized spacial score (nSPS) is 12.2. The highest BCUT2D eigenvalue weighted by Gasteiger charge is 2.35. The summed E-state index contributed by atoms with van der Waals surface area (Å²) in [5.41, 5.74) is 0.222. The second-order valence-corrected chi connectivity index (χ2v) is 14.1. The van der Waals surface area contributed by atoms with Gasteiger partial charge in [0, 0.05) is 27.6 Å². The lowest BCUT2D eigenvalue weighted by Crippen LogP contribution is -2.54. The Bertz CT molecular complexity index is 1590. The van der Waals surface area contributed by atoms with Crippen LogP contribution < -0.4 is 23.8 Å².